The first-order valence-electron chi connectivity index (χ1n) is 4.35. The van der Waals surface area contributed by atoms with Crippen molar-refractivity contribution in [2.45, 2.75) is 32.2 Å². The van der Waals surface area contributed by atoms with E-state index in [-0.39, 0.29) is 17.9 Å². The first kappa shape index (κ1) is 12.5. The van der Waals surface area contributed by atoms with E-state index < -0.39 is 0 Å². The summed E-state index contributed by atoms with van der Waals surface area (Å²) in [6, 6.07) is 10.4. The van der Waals surface area contributed by atoms with Gasteiger partial charge in [-0.25, -0.2) is 0 Å². The second-order valence-corrected chi connectivity index (χ2v) is 3.95. The second kappa shape index (κ2) is 4.64. The Bertz CT molecular complexity index is 238. The summed E-state index contributed by atoms with van der Waals surface area (Å²) in [5.74, 6) is 0.402. The molecule has 0 amide bonds. The zero-order valence-corrected chi connectivity index (χ0v) is 9.27. The molecule has 1 aromatic carbocycles. The summed E-state index contributed by atoms with van der Waals surface area (Å²) in [4.78, 5) is 0. The number of hydrogen-bond acceptors (Lipinski definition) is 1. The monoisotopic (exact) mass is 199 g/mol. The molecule has 74 valence electrons. The van der Waals surface area contributed by atoms with Gasteiger partial charge in [0.2, 0.25) is 0 Å². The van der Waals surface area contributed by atoms with Crippen molar-refractivity contribution < 1.29 is 0 Å². The van der Waals surface area contributed by atoms with Crippen molar-refractivity contribution in [3.05, 3.63) is 35.9 Å². The normalized spacial score (nSPS) is 13.2. The third-order valence-corrected chi connectivity index (χ3v) is 2.42. The van der Waals surface area contributed by atoms with Gasteiger partial charge in [-0.3, -0.25) is 0 Å². The summed E-state index contributed by atoms with van der Waals surface area (Å²) < 4.78 is 0. The van der Waals surface area contributed by atoms with Gasteiger partial charge in [-0.2, -0.15) is 0 Å². The Morgan fingerprint density at radius 2 is 1.62 bits per heavy atom. The van der Waals surface area contributed by atoms with Gasteiger partial charge in [-0.05, 0) is 25.3 Å². The lowest BCUT2D eigenvalue weighted by atomic mass is 9.84. The van der Waals surface area contributed by atoms with Gasteiger partial charge >= 0.3 is 0 Å². The van der Waals surface area contributed by atoms with Crippen molar-refractivity contribution in [2.24, 2.45) is 5.73 Å². The van der Waals surface area contributed by atoms with Gasteiger partial charge in [0, 0.05) is 5.54 Å². The van der Waals surface area contributed by atoms with Gasteiger partial charge in [-0.15, -0.1) is 12.4 Å². The molecular formula is C11H18ClN. The number of benzene rings is 1. The molecule has 0 radical (unpaired) electrons. The summed E-state index contributed by atoms with van der Waals surface area (Å²) in [6.07, 6.45) is 0. The fraction of sp³-hybridized carbons (Fsp3) is 0.455. The van der Waals surface area contributed by atoms with Crippen LogP contribution in [0.15, 0.2) is 30.3 Å². The summed E-state index contributed by atoms with van der Waals surface area (Å²) >= 11 is 0. The molecule has 1 unspecified atom stereocenters. The molecule has 0 saturated heterocycles. The van der Waals surface area contributed by atoms with E-state index in [1.54, 1.807) is 0 Å². The molecule has 2 heteroatoms. The van der Waals surface area contributed by atoms with Crippen molar-refractivity contribution in [1.82, 2.24) is 0 Å². The van der Waals surface area contributed by atoms with Crippen molar-refractivity contribution >= 4 is 12.4 Å². The Labute approximate surface area is 86.7 Å². The summed E-state index contributed by atoms with van der Waals surface area (Å²) in [5.41, 5.74) is 7.18. The summed E-state index contributed by atoms with van der Waals surface area (Å²) in [5, 5.41) is 0. The van der Waals surface area contributed by atoms with Gasteiger partial charge < -0.3 is 5.73 Å². The van der Waals surface area contributed by atoms with Crippen LogP contribution >= 0.6 is 12.4 Å². The van der Waals surface area contributed by atoms with E-state index in [1.165, 1.54) is 5.56 Å². The number of halogens is 1. The fourth-order valence-corrected chi connectivity index (χ4v) is 1.17. The van der Waals surface area contributed by atoms with Gasteiger partial charge in [0.05, 0.1) is 0 Å². The maximum Gasteiger partial charge on any atom is 0.0163 e. The molecule has 0 aliphatic rings. The van der Waals surface area contributed by atoms with E-state index in [4.69, 9.17) is 5.73 Å². The minimum atomic E-state index is -0.138. The van der Waals surface area contributed by atoms with E-state index in [0.717, 1.165) is 0 Å². The lowest BCUT2D eigenvalue weighted by Gasteiger charge is -2.27. The number of hydrogen-bond donors (Lipinski definition) is 1. The summed E-state index contributed by atoms with van der Waals surface area (Å²) in [6.45, 7) is 6.28. The third kappa shape index (κ3) is 3.37. The van der Waals surface area contributed by atoms with Crippen LogP contribution in [-0.2, 0) is 0 Å². The first-order valence-corrected chi connectivity index (χ1v) is 4.35. The molecule has 0 aromatic heterocycles. The van der Waals surface area contributed by atoms with E-state index in [0.29, 0.717) is 5.92 Å². The zero-order valence-electron chi connectivity index (χ0n) is 8.45. The molecule has 13 heavy (non-hydrogen) atoms. The van der Waals surface area contributed by atoms with Crippen LogP contribution in [0.3, 0.4) is 0 Å². The van der Waals surface area contributed by atoms with E-state index in [9.17, 15) is 0 Å². The molecular weight excluding hydrogens is 182 g/mol. The predicted molar refractivity (Wildman–Crippen MR) is 60.4 cm³/mol. The lowest BCUT2D eigenvalue weighted by Crippen LogP contribution is -2.37. The maximum atomic E-state index is 6.01. The molecule has 0 aliphatic heterocycles. The topological polar surface area (TPSA) is 26.0 Å². The highest BCUT2D eigenvalue weighted by Crippen LogP contribution is 2.24. The Morgan fingerprint density at radius 3 is 2.00 bits per heavy atom. The molecule has 1 aromatic rings. The average Bonchev–Trinajstić information content (AvgIpc) is 2.03. The second-order valence-electron chi connectivity index (χ2n) is 3.95. The van der Waals surface area contributed by atoms with Crippen LogP contribution in [0.25, 0.3) is 0 Å². The molecule has 0 saturated carbocycles. The lowest BCUT2D eigenvalue weighted by molar-refractivity contribution is 0.435. The van der Waals surface area contributed by atoms with Crippen molar-refractivity contribution in [3.8, 4) is 0 Å². The standard InChI is InChI=1S/C11H17N.ClH/c1-9(11(2,3)12)10-7-5-4-6-8-10;/h4-9H,12H2,1-3H3;1H. The van der Waals surface area contributed by atoms with Gasteiger partial charge in [0.25, 0.3) is 0 Å². The Morgan fingerprint density at radius 1 is 1.15 bits per heavy atom. The zero-order chi connectivity index (χ0) is 9.19. The molecule has 1 rings (SSSR count). The van der Waals surface area contributed by atoms with Crippen LogP contribution in [0.4, 0.5) is 0 Å². The van der Waals surface area contributed by atoms with Crippen LogP contribution in [0, 0.1) is 0 Å². The SMILES string of the molecule is CC(c1ccccc1)C(C)(C)N.Cl. The highest BCUT2D eigenvalue weighted by Gasteiger charge is 2.21. The quantitative estimate of drug-likeness (QED) is 0.779. The Hall–Kier alpha value is -0.530. The number of nitrogens with two attached hydrogens (primary N) is 1. The van der Waals surface area contributed by atoms with Crippen LogP contribution in [0.1, 0.15) is 32.3 Å². The van der Waals surface area contributed by atoms with E-state index in [1.807, 2.05) is 6.07 Å². The molecule has 0 aliphatic carbocycles. The largest absolute Gasteiger partial charge is 0.325 e. The maximum absolute atomic E-state index is 6.01. The fourth-order valence-electron chi connectivity index (χ4n) is 1.17. The third-order valence-electron chi connectivity index (χ3n) is 2.42. The Kier molecular flexibility index (Phi) is 4.45. The minimum absolute atomic E-state index is 0. The molecule has 1 atom stereocenters. The molecule has 2 N–H and O–H groups in total. The van der Waals surface area contributed by atoms with E-state index in [2.05, 4.69) is 45.0 Å². The van der Waals surface area contributed by atoms with Crippen molar-refractivity contribution in [1.29, 1.82) is 0 Å². The van der Waals surface area contributed by atoms with Crippen molar-refractivity contribution in [3.63, 3.8) is 0 Å². The van der Waals surface area contributed by atoms with E-state index >= 15 is 0 Å². The predicted octanol–water partition coefficient (Wildman–Crippen LogP) is 2.95. The first-order chi connectivity index (χ1) is 5.52. The molecule has 0 bridgehead atoms. The molecule has 0 fully saturated rings. The number of rotatable bonds is 2. The molecule has 1 nitrogen and oxygen atoms in total. The molecule has 0 spiro atoms. The smallest absolute Gasteiger partial charge is 0.0163 e. The Balaban J connectivity index is 0.00000144. The highest BCUT2D eigenvalue weighted by atomic mass is 35.5. The van der Waals surface area contributed by atoms with Crippen LogP contribution in [0.5, 0.6) is 0 Å². The molecule has 0 heterocycles. The van der Waals surface area contributed by atoms with Crippen LogP contribution in [-0.4, -0.2) is 5.54 Å². The van der Waals surface area contributed by atoms with Gasteiger partial charge in [-0.1, -0.05) is 37.3 Å². The van der Waals surface area contributed by atoms with Crippen LogP contribution < -0.4 is 5.73 Å². The summed E-state index contributed by atoms with van der Waals surface area (Å²) in [7, 11) is 0. The average molecular weight is 200 g/mol. The van der Waals surface area contributed by atoms with Gasteiger partial charge in [0.1, 0.15) is 0 Å². The van der Waals surface area contributed by atoms with Gasteiger partial charge in [0.15, 0.2) is 0 Å². The van der Waals surface area contributed by atoms with Crippen LogP contribution in [0.2, 0.25) is 0 Å². The van der Waals surface area contributed by atoms with Crippen molar-refractivity contribution in [2.75, 3.05) is 0 Å². The highest BCUT2D eigenvalue weighted by molar-refractivity contribution is 5.85. The minimum Gasteiger partial charge on any atom is -0.325 e.